The van der Waals surface area contributed by atoms with Gasteiger partial charge in [-0.2, -0.15) is 0 Å². The summed E-state index contributed by atoms with van der Waals surface area (Å²) in [6.45, 7) is 3.45. The standard InChI is InChI=1S/C12H16BrNO2/c1-9-7-10(13)8-14(12(9)15)5-4-11-3-2-6-16-11/h7-8,11H,2-6H2,1H3. The van der Waals surface area contributed by atoms with E-state index in [0.29, 0.717) is 6.10 Å². The normalized spacial score (nSPS) is 20.2. The second-order valence-electron chi connectivity index (χ2n) is 4.26. The third-order valence-electron chi connectivity index (χ3n) is 2.95. The number of aromatic nitrogens is 1. The van der Waals surface area contributed by atoms with E-state index in [1.807, 2.05) is 19.2 Å². The molecule has 88 valence electrons. The van der Waals surface area contributed by atoms with Gasteiger partial charge in [0.1, 0.15) is 0 Å². The minimum atomic E-state index is 0.0983. The van der Waals surface area contributed by atoms with Crippen molar-refractivity contribution in [2.75, 3.05) is 6.61 Å². The first-order valence-corrected chi connectivity index (χ1v) is 6.44. The first-order valence-electron chi connectivity index (χ1n) is 5.65. The summed E-state index contributed by atoms with van der Waals surface area (Å²) in [4.78, 5) is 11.8. The lowest BCUT2D eigenvalue weighted by molar-refractivity contribution is 0.100. The molecule has 1 aliphatic heterocycles. The summed E-state index contributed by atoms with van der Waals surface area (Å²) >= 11 is 3.41. The number of pyridine rings is 1. The molecule has 3 nitrogen and oxygen atoms in total. The van der Waals surface area contributed by atoms with E-state index in [0.717, 1.165) is 42.5 Å². The first kappa shape index (κ1) is 11.9. The Morgan fingerprint density at radius 2 is 2.44 bits per heavy atom. The van der Waals surface area contributed by atoms with Gasteiger partial charge < -0.3 is 9.30 Å². The zero-order valence-electron chi connectivity index (χ0n) is 9.41. The fourth-order valence-corrected chi connectivity index (χ4v) is 2.65. The maximum absolute atomic E-state index is 11.8. The van der Waals surface area contributed by atoms with Crippen LogP contribution in [0.4, 0.5) is 0 Å². The van der Waals surface area contributed by atoms with Gasteiger partial charge in [0.05, 0.1) is 6.10 Å². The van der Waals surface area contributed by atoms with Crippen molar-refractivity contribution in [1.82, 2.24) is 4.57 Å². The molecule has 0 spiro atoms. The summed E-state index contributed by atoms with van der Waals surface area (Å²) in [6, 6.07) is 1.85. The summed E-state index contributed by atoms with van der Waals surface area (Å²) in [7, 11) is 0. The number of nitrogens with zero attached hydrogens (tertiary/aromatic N) is 1. The lowest BCUT2D eigenvalue weighted by atomic mass is 10.2. The van der Waals surface area contributed by atoms with E-state index in [1.54, 1.807) is 4.57 Å². The van der Waals surface area contributed by atoms with E-state index < -0.39 is 0 Å². The molecular weight excluding hydrogens is 270 g/mol. The molecule has 1 aliphatic rings. The van der Waals surface area contributed by atoms with Crippen LogP contribution in [0.25, 0.3) is 0 Å². The fraction of sp³-hybridized carbons (Fsp3) is 0.583. The third-order valence-corrected chi connectivity index (χ3v) is 3.38. The molecule has 1 unspecified atom stereocenters. The van der Waals surface area contributed by atoms with Crippen LogP contribution < -0.4 is 5.56 Å². The minimum absolute atomic E-state index is 0.0983. The van der Waals surface area contributed by atoms with Crippen LogP contribution in [0.3, 0.4) is 0 Å². The highest BCUT2D eigenvalue weighted by atomic mass is 79.9. The van der Waals surface area contributed by atoms with Crippen LogP contribution in [-0.4, -0.2) is 17.3 Å². The van der Waals surface area contributed by atoms with Crippen LogP contribution in [0, 0.1) is 6.92 Å². The average molecular weight is 286 g/mol. The molecule has 0 bridgehead atoms. The summed E-state index contributed by atoms with van der Waals surface area (Å²) in [6.07, 6.45) is 5.39. The quantitative estimate of drug-likeness (QED) is 0.855. The lowest BCUT2D eigenvalue weighted by Crippen LogP contribution is -2.23. The Hall–Kier alpha value is -0.610. The number of rotatable bonds is 3. The van der Waals surface area contributed by atoms with Gasteiger partial charge in [0.2, 0.25) is 0 Å². The lowest BCUT2D eigenvalue weighted by Gasteiger charge is -2.11. The van der Waals surface area contributed by atoms with Gasteiger partial charge in [-0.25, -0.2) is 0 Å². The van der Waals surface area contributed by atoms with Crippen molar-refractivity contribution in [3.05, 3.63) is 32.7 Å². The predicted octanol–water partition coefficient (Wildman–Crippen LogP) is 2.49. The van der Waals surface area contributed by atoms with Gasteiger partial charge in [-0.1, -0.05) is 0 Å². The molecule has 0 aromatic carbocycles. The fourth-order valence-electron chi connectivity index (χ4n) is 2.06. The molecule has 4 heteroatoms. The second kappa shape index (κ2) is 5.15. The van der Waals surface area contributed by atoms with Crippen LogP contribution in [0.2, 0.25) is 0 Å². The van der Waals surface area contributed by atoms with Crippen molar-refractivity contribution in [2.45, 2.75) is 38.8 Å². The highest BCUT2D eigenvalue weighted by Crippen LogP contribution is 2.16. The van der Waals surface area contributed by atoms with Crippen molar-refractivity contribution in [2.24, 2.45) is 0 Å². The molecule has 1 aromatic heterocycles. The maximum Gasteiger partial charge on any atom is 0.253 e. The summed E-state index contributed by atoms with van der Waals surface area (Å²) in [5.41, 5.74) is 0.878. The van der Waals surface area contributed by atoms with Gasteiger partial charge in [-0.3, -0.25) is 4.79 Å². The number of aryl methyl sites for hydroxylation is 2. The zero-order chi connectivity index (χ0) is 11.5. The molecule has 0 aliphatic carbocycles. The second-order valence-corrected chi connectivity index (χ2v) is 5.18. The Kier molecular flexibility index (Phi) is 3.82. The Morgan fingerprint density at radius 1 is 1.62 bits per heavy atom. The van der Waals surface area contributed by atoms with E-state index in [4.69, 9.17) is 4.74 Å². The first-order chi connectivity index (χ1) is 7.66. The molecular formula is C12H16BrNO2. The Balaban J connectivity index is 2.05. The van der Waals surface area contributed by atoms with E-state index in [1.165, 1.54) is 0 Å². The molecule has 0 saturated carbocycles. The predicted molar refractivity (Wildman–Crippen MR) is 66.7 cm³/mol. The third kappa shape index (κ3) is 2.74. The van der Waals surface area contributed by atoms with Crippen molar-refractivity contribution >= 4 is 15.9 Å². The van der Waals surface area contributed by atoms with Gasteiger partial charge >= 0.3 is 0 Å². The molecule has 1 aromatic rings. The van der Waals surface area contributed by atoms with Crippen LogP contribution in [0.5, 0.6) is 0 Å². The van der Waals surface area contributed by atoms with Crippen LogP contribution in [0.15, 0.2) is 21.5 Å². The highest BCUT2D eigenvalue weighted by Gasteiger charge is 2.15. The molecule has 0 radical (unpaired) electrons. The summed E-state index contributed by atoms with van der Waals surface area (Å²) in [5, 5.41) is 0. The van der Waals surface area contributed by atoms with Gasteiger partial charge in [-0.15, -0.1) is 0 Å². The van der Waals surface area contributed by atoms with Crippen molar-refractivity contribution in [3.63, 3.8) is 0 Å². The van der Waals surface area contributed by atoms with Gasteiger partial charge in [0.15, 0.2) is 0 Å². The molecule has 2 rings (SSSR count). The SMILES string of the molecule is Cc1cc(Br)cn(CCC2CCCO2)c1=O. The van der Waals surface area contributed by atoms with Crippen molar-refractivity contribution in [3.8, 4) is 0 Å². The van der Waals surface area contributed by atoms with Gasteiger partial charge in [0.25, 0.3) is 5.56 Å². The van der Waals surface area contributed by atoms with Gasteiger partial charge in [-0.05, 0) is 48.2 Å². The van der Waals surface area contributed by atoms with E-state index in [9.17, 15) is 4.79 Å². The Bertz CT molecular complexity index is 422. The average Bonchev–Trinajstić information content (AvgIpc) is 2.74. The topological polar surface area (TPSA) is 31.2 Å². The number of ether oxygens (including phenoxy) is 1. The maximum atomic E-state index is 11.8. The van der Waals surface area contributed by atoms with E-state index in [-0.39, 0.29) is 5.56 Å². The highest BCUT2D eigenvalue weighted by molar-refractivity contribution is 9.10. The number of hydrogen-bond donors (Lipinski definition) is 0. The number of halogens is 1. The van der Waals surface area contributed by atoms with Crippen LogP contribution in [-0.2, 0) is 11.3 Å². The van der Waals surface area contributed by atoms with Crippen molar-refractivity contribution < 1.29 is 4.74 Å². The molecule has 2 heterocycles. The molecule has 1 saturated heterocycles. The van der Waals surface area contributed by atoms with Crippen LogP contribution >= 0.6 is 15.9 Å². The Labute approximate surface area is 104 Å². The Morgan fingerprint density at radius 3 is 3.12 bits per heavy atom. The van der Waals surface area contributed by atoms with Crippen LogP contribution in [0.1, 0.15) is 24.8 Å². The molecule has 0 amide bonds. The minimum Gasteiger partial charge on any atom is -0.378 e. The molecule has 16 heavy (non-hydrogen) atoms. The van der Waals surface area contributed by atoms with Crippen molar-refractivity contribution in [1.29, 1.82) is 0 Å². The molecule has 1 atom stereocenters. The zero-order valence-corrected chi connectivity index (χ0v) is 11.0. The number of hydrogen-bond acceptors (Lipinski definition) is 2. The molecule has 1 fully saturated rings. The van der Waals surface area contributed by atoms with Gasteiger partial charge in [0, 0.05) is 29.4 Å². The van der Waals surface area contributed by atoms with E-state index in [2.05, 4.69) is 15.9 Å². The monoisotopic (exact) mass is 285 g/mol. The van der Waals surface area contributed by atoms with E-state index >= 15 is 0 Å². The molecule has 0 N–H and O–H groups in total. The largest absolute Gasteiger partial charge is 0.378 e. The summed E-state index contributed by atoms with van der Waals surface area (Å²) in [5.74, 6) is 0. The summed E-state index contributed by atoms with van der Waals surface area (Å²) < 4.78 is 8.27. The smallest absolute Gasteiger partial charge is 0.253 e.